The van der Waals surface area contributed by atoms with Crippen LogP contribution in [0.25, 0.3) is 0 Å². The highest BCUT2D eigenvalue weighted by molar-refractivity contribution is 7.99. The summed E-state index contributed by atoms with van der Waals surface area (Å²) in [4.78, 5) is 4.03. The Hall–Kier alpha value is -0.640. The van der Waals surface area contributed by atoms with Gasteiger partial charge in [-0.3, -0.25) is 4.72 Å². The fourth-order valence-corrected chi connectivity index (χ4v) is 1.40. The van der Waals surface area contributed by atoms with E-state index in [0.717, 1.165) is 11.8 Å². The smallest absolute Gasteiger partial charge is 0.213 e. The second-order valence-electron chi connectivity index (χ2n) is 1.60. The Bertz CT molecular complexity index is 176. The number of imidazole rings is 1. The number of hydrogen-bond acceptors (Lipinski definition) is 3. The van der Waals surface area contributed by atoms with Gasteiger partial charge in [0, 0.05) is 12.4 Å². The SMILES string of the molecule is c1cn2c(n1)NSC2. The lowest BCUT2D eigenvalue weighted by Crippen LogP contribution is -1.83. The molecule has 0 unspecified atom stereocenters. The molecule has 0 fully saturated rings. The Labute approximate surface area is 51.2 Å². The molecule has 8 heavy (non-hydrogen) atoms. The number of rotatable bonds is 0. The molecule has 1 aromatic rings. The third-order valence-electron chi connectivity index (χ3n) is 1.08. The highest BCUT2D eigenvalue weighted by Crippen LogP contribution is 2.20. The molecule has 2 rings (SSSR count). The molecule has 4 heteroatoms. The van der Waals surface area contributed by atoms with Crippen LogP contribution < -0.4 is 4.72 Å². The van der Waals surface area contributed by atoms with Gasteiger partial charge in [0.2, 0.25) is 5.95 Å². The predicted octanol–water partition coefficient (Wildman–Crippen LogP) is 0.914. The van der Waals surface area contributed by atoms with Crippen molar-refractivity contribution < 1.29 is 0 Å². The maximum atomic E-state index is 4.03. The van der Waals surface area contributed by atoms with Crippen molar-refractivity contribution in [1.82, 2.24) is 9.55 Å². The number of hydrogen-bond donors (Lipinski definition) is 1. The maximum absolute atomic E-state index is 4.03. The van der Waals surface area contributed by atoms with E-state index in [1.165, 1.54) is 0 Å². The van der Waals surface area contributed by atoms with Crippen LogP contribution in [0.15, 0.2) is 12.4 Å². The van der Waals surface area contributed by atoms with E-state index in [2.05, 4.69) is 14.3 Å². The van der Waals surface area contributed by atoms with E-state index in [4.69, 9.17) is 0 Å². The van der Waals surface area contributed by atoms with Gasteiger partial charge < -0.3 is 4.57 Å². The summed E-state index contributed by atoms with van der Waals surface area (Å²) in [5.41, 5.74) is 0. The average molecular weight is 127 g/mol. The minimum Gasteiger partial charge on any atom is -0.305 e. The van der Waals surface area contributed by atoms with Crippen LogP contribution in [0.3, 0.4) is 0 Å². The van der Waals surface area contributed by atoms with Gasteiger partial charge in [0.1, 0.15) is 0 Å². The molecular formula is C4H5N3S. The van der Waals surface area contributed by atoms with Crippen LogP contribution >= 0.6 is 11.9 Å². The molecule has 0 aliphatic carbocycles. The molecule has 2 heterocycles. The molecular weight excluding hydrogens is 122 g/mol. The summed E-state index contributed by atoms with van der Waals surface area (Å²) in [5, 5.41) is 0. The predicted molar refractivity (Wildman–Crippen MR) is 33.4 cm³/mol. The van der Waals surface area contributed by atoms with E-state index in [0.29, 0.717) is 0 Å². The van der Waals surface area contributed by atoms with Crippen LogP contribution in [0.4, 0.5) is 5.95 Å². The molecule has 3 nitrogen and oxygen atoms in total. The molecule has 1 aliphatic rings. The molecule has 42 valence electrons. The van der Waals surface area contributed by atoms with Crippen LogP contribution in [0.2, 0.25) is 0 Å². The molecule has 1 aliphatic heterocycles. The lowest BCUT2D eigenvalue weighted by atomic mass is 10.9. The van der Waals surface area contributed by atoms with Gasteiger partial charge in [-0.2, -0.15) is 0 Å². The van der Waals surface area contributed by atoms with Gasteiger partial charge in [0.05, 0.1) is 5.88 Å². The zero-order valence-corrected chi connectivity index (χ0v) is 4.98. The first-order valence-electron chi connectivity index (χ1n) is 2.36. The fraction of sp³-hybridized carbons (Fsp3) is 0.250. The number of anilines is 1. The molecule has 0 bridgehead atoms. The second kappa shape index (κ2) is 1.42. The summed E-state index contributed by atoms with van der Waals surface area (Å²) in [6, 6.07) is 0. The number of nitrogens with zero attached hydrogens (tertiary/aromatic N) is 2. The first kappa shape index (κ1) is 4.26. The van der Waals surface area contributed by atoms with Gasteiger partial charge in [-0.25, -0.2) is 4.98 Å². The van der Waals surface area contributed by atoms with Crippen molar-refractivity contribution in [3.63, 3.8) is 0 Å². The van der Waals surface area contributed by atoms with Gasteiger partial charge in [-0.05, 0) is 11.9 Å². The molecule has 0 aromatic carbocycles. The van der Waals surface area contributed by atoms with E-state index in [9.17, 15) is 0 Å². The van der Waals surface area contributed by atoms with Crippen LogP contribution in [0.1, 0.15) is 0 Å². The quantitative estimate of drug-likeness (QED) is 0.525. The Kier molecular flexibility index (Phi) is 0.754. The second-order valence-corrected chi connectivity index (χ2v) is 2.35. The standard InChI is InChI=1S/C4H5N3S/c1-2-7-3-8-6-4(7)5-1/h1-2H,3H2,(H,5,6). The van der Waals surface area contributed by atoms with E-state index >= 15 is 0 Å². The van der Waals surface area contributed by atoms with Crippen molar-refractivity contribution in [2.24, 2.45) is 0 Å². The molecule has 0 saturated carbocycles. The third kappa shape index (κ3) is 0.432. The molecule has 0 saturated heterocycles. The Morgan fingerprint density at radius 2 is 2.88 bits per heavy atom. The Morgan fingerprint density at radius 1 is 1.88 bits per heavy atom. The van der Waals surface area contributed by atoms with Crippen molar-refractivity contribution in [2.75, 3.05) is 4.72 Å². The van der Waals surface area contributed by atoms with Crippen molar-refractivity contribution in [3.8, 4) is 0 Å². The zero-order chi connectivity index (χ0) is 5.40. The van der Waals surface area contributed by atoms with Crippen LogP contribution in [-0.2, 0) is 5.88 Å². The molecule has 1 N–H and O–H groups in total. The molecule has 0 spiro atoms. The van der Waals surface area contributed by atoms with Crippen LogP contribution in [0, 0.1) is 0 Å². The largest absolute Gasteiger partial charge is 0.305 e. The minimum atomic E-state index is 0.968. The summed E-state index contributed by atoms with van der Waals surface area (Å²) in [6.07, 6.45) is 3.75. The molecule has 0 amide bonds. The molecule has 1 aromatic heterocycles. The van der Waals surface area contributed by atoms with Crippen molar-refractivity contribution in [2.45, 2.75) is 5.88 Å². The van der Waals surface area contributed by atoms with Gasteiger partial charge in [-0.15, -0.1) is 0 Å². The molecule has 0 atom stereocenters. The van der Waals surface area contributed by atoms with Gasteiger partial charge in [0.25, 0.3) is 0 Å². The third-order valence-corrected chi connectivity index (χ3v) is 1.82. The summed E-state index contributed by atoms with van der Waals surface area (Å²) < 4.78 is 5.11. The monoisotopic (exact) mass is 127 g/mol. The van der Waals surface area contributed by atoms with Crippen LogP contribution in [0.5, 0.6) is 0 Å². The summed E-state index contributed by atoms with van der Waals surface area (Å²) in [7, 11) is 0. The van der Waals surface area contributed by atoms with Crippen molar-refractivity contribution >= 4 is 17.9 Å². The van der Waals surface area contributed by atoms with Crippen LogP contribution in [-0.4, -0.2) is 9.55 Å². The van der Waals surface area contributed by atoms with E-state index in [1.54, 1.807) is 18.1 Å². The van der Waals surface area contributed by atoms with E-state index in [1.807, 2.05) is 6.20 Å². The Balaban J connectivity index is 2.54. The number of aromatic nitrogens is 2. The fourth-order valence-electron chi connectivity index (χ4n) is 0.685. The van der Waals surface area contributed by atoms with E-state index in [-0.39, 0.29) is 0 Å². The normalized spacial score (nSPS) is 15.5. The van der Waals surface area contributed by atoms with Gasteiger partial charge in [-0.1, -0.05) is 0 Å². The van der Waals surface area contributed by atoms with Crippen molar-refractivity contribution in [3.05, 3.63) is 12.4 Å². The Morgan fingerprint density at radius 3 is 3.75 bits per heavy atom. The first-order chi connectivity index (χ1) is 3.97. The van der Waals surface area contributed by atoms with Gasteiger partial charge in [0.15, 0.2) is 0 Å². The summed E-state index contributed by atoms with van der Waals surface area (Å²) >= 11 is 1.66. The van der Waals surface area contributed by atoms with Gasteiger partial charge >= 0.3 is 0 Å². The minimum absolute atomic E-state index is 0.968. The summed E-state index contributed by atoms with van der Waals surface area (Å²) in [6.45, 7) is 0. The zero-order valence-electron chi connectivity index (χ0n) is 4.16. The lowest BCUT2D eigenvalue weighted by Gasteiger charge is -1.84. The average Bonchev–Trinajstić information content (AvgIpc) is 2.15. The van der Waals surface area contributed by atoms with E-state index < -0.39 is 0 Å². The molecule has 0 radical (unpaired) electrons. The van der Waals surface area contributed by atoms with Crippen molar-refractivity contribution in [1.29, 1.82) is 0 Å². The summed E-state index contributed by atoms with van der Waals surface area (Å²) in [5.74, 6) is 1.95. The highest BCUT2D eigenvalue weighted by atomic mass is 32.2. The lowest BCUT2D eigenvalue weighted by molar-refractivity contribution is 0.930. The number of nitrogens with one attached hydrogen (secondary N) is 1. The topological polar surface area (TPSA) is 29.9 Å². The highest BCUT2D eigenvalue weighted by Gasteiger charge is 2.07. The number of fused-ring (bicyclic) bond motifs is 1. The first-order valence-corrected chi connectivity index (χ1v) is 3.34. The maximum Gasteiger partial charge on any atom is 0.213 e.